The first-order chi connectivity index (χ1) is 13.6. The maximum atomic E-state index is 12.7. The highest BCUT2D eigenvalue weighted by atomic mass is 79.9. The fourth-order valence-electron chi connectivity index (χ4n) is 2.65. The third-order valence-corrected chi connectivity index (χ3v) is 4.63. The molecule has 8 heteroatoms. The summed E-state index contributed by atoms with van der Waals surface area (Å²) in [4.78, 5) is 33.7. The molecule has 0 saturated carbocycles. The third-order valence-electron chi connectivity index (χ3n) is 4.10. The summed E-state index contributed by atoms with van der Waals surface area (Å²) < 4.78 is 11.6. The number of rotatable bonds is 8. The maximum Gasteiger partial charge on any atom is 0.260 e. The SMILES string of the molecule is COCCN(Cc1nc2ccccc2c(=O)[nH]1)C(=O)COc1ccc(Br)cc1. The Bertz CT molecular complexity index is 1000. The molecule has 0 radical (unpaired) electrons. The number of carbonyl (C=O) groups is 1. The van der Waals surface area contributed by atoms with Crippen LogP contribution in [-0.4, -0.2) is 47.6 Å². The van der Waals surface area contributed by atoms with E-state index in [0.717, 1.165) is 4.47 Å². The van der Waals surface area contributed by atoms with Crippen molar-refractivity contribution in [2.24, 2.45) is 0 Å². The highest BCUT2D eigenvalue weighted by Crippen LogP contribution is 2.16. The summed E-state index contributed by atoms with van der Waals surface area (Å²) in [5.41, 5.74) is 0.359. The Labute approximate surface area is 170 Å². The van der Waals surface area contributed by atoms with E-state index in [2.05, 4.69) is 25.9 Å². The zero-order chi connectivity index (χ0) is 19.9. The highest BCUT2D eigenvalue weighted by Gasteiger charge is 2.16. The summed E-state index contributed by atoms with van der Waals surface area (Å²) >= 11 is 3.36. The largest absolute Gasteiger partial charge is 0.484 e. The van der Waals surface area contributed by atoms with Gasteiger partial charge in [-0.15, -0.1) is 0 Å². The Morgan fingerprint density at radius 3 is 2.68 bits per heavy atom. The number of nitrogens with one attached hydrogen (secondary N) is 1. The number of H-pyrrole nitrogens is 1. The van der Waals surface area contributed by atoms with E-state index >= 15 is 0 Å². The number of amides is 1. The Morgan fingerprint density at radius 1 is 1.18 bits per heavy atom. The molecular weight excluding hydrogens is 426 g/mol. The van der Waals surface area contributed by atoms with Crippen LogP contribution in [0.1, 0.15) is 5.82 Å². The average Bonchev–Trinajstić information content (AvgIpc) is 2.70. The number of hydrogen-bond donors (Lipinski definition) is 1. The van der Waals surface area contributed by atoms with Crippen LogP contribution < -0.4 is 10.3 Å². The number of aromatic amines is 1. The van der Waals surface area contributed by atoms with Crippen molar-refractivity contribution in [3.05, 3.63) is 69.2 Å². The monoisotopic (exact) mass is 445 g/mol. The number of benzene rings is 2. The molecule has 1 aromatic heterocycles. The van der Waals surface area contributed by atoms with Gasteiger partial charge < -0.3 is 19.4 Å². The molecule has 0 unspecified atom stereocenters. The van der Waals surface area contributed by atoms with Gasteiger partial charge >= 0.3 is 0 Å². The van der Waals surface area contributed by atoms with Crippen molar-refractivity contribution in [3.8, 4) is 5.75 Å². The number of hydrogen-bond acceptors (Lipinski definition) is 5. The minimum Gasteiger partial charge on any atom is -0.484 e. The minimum atomic E-state index is -0.231. The zero-order valence-electron chi connectivity index (χ0n) is 15.4. The van der Waals surface area contributed by atoms with Crippen molar-refractivity contribution in [1.29, 1.82) is 0 Å². The molecule has 0 aliphatic carbocycles. The molecule has 1 N–H and O–H groups in total. The van der Waals surface area contributed by atoms with Crippen LogP contribution in [-0.2, 0) is 16.1 Å². The highest BCUT2D eigenvalue weighted by molar-refractivity contribution is 9.10. The second-order valence-corrected chi connectivity index (χ2v) is 7.00. The van der Waals surface area contributed by atoms with Crippen LogP contribution in [0.4, 0.5) is 0 Å². The molecule has 1 heterocycles. The molecule has 0 aliphatic rings. The van der Waals surface area contributed by atoms with E-state index in [1.54, 1.807) is 42.3 Å². The lowest BCUT2D eigenvalue weighted by atomic mass is 10.2. The lowest BCUT2D eigenvalue weighted by Crippen LogP contribution is -2.37. The van der Waals surface area contributed by atoms with Crippen molar-refractivity contribution in [2.75, 3.05) is 26.9 Å². The maximum absolute atomic E-state index is 12.7. The number of aromatic nitrogens is 2. The van der Waals surface area contributed by atoms with Gasteiger partial charge in [0.2, 0.25) is 0 Å². The normalized spacial score (nSPS) is 10.8. The standard InChI is InChI=1S/C20H20BrN3O4/c1-27-11-10-24(19(25)13-28-15-8-6-14(21)7-9-15)12-18-22-17-5-3-2-4-16(17)20(26)23-18/h2-9H,10-13H2,1H3,(H,22,23,26). The number of ether oxygens (including phenoxy) is 2. The second-order valence-electron chi connectivity index (χ2n) is 6.08. The van der Waals surface area contributed by atoms with Crippen LogP contribution in [0.2, 0.25) is 0 Å². The van der Waals surface area contributed by atoms with E-state index in [0.29, 0.717) is 35.6 Å². The Balaban J connectivity index is 1.73. The van der Waals surface area contributed by atoms with Gasteiger partial charge in [-0.2, -0.15) is 0 Å². The van der Waals surface area contributed by atoms with E-state index in [9.17, 15) is 9.59 Å². The average molecular weight is 446 g/mol. The van der Waals surface area contributed by atoms with Crippen molar-refractivity contribution in [1.82, 2.24) is 14.9 Å². The van der Waals surface area contributed by atoms with Gasteiger partial charge in [0.05, 0.1) is 24.1 Å². The summed E-state index contributed by atoms with van der Waals surface area (Å²) in [7, 11) is 1.57. The predicted octanol–water partition coefficient (Wildman–Crippen LogP) is 2.74. The van der Waals surface area contributed by atoms with E-state index in [4.69, 9.17) is 9.47 Å². The van der Waals surface area contributed by atoms with Crippen LogP contribution >= 0.6 is 15.9 Å². The van der Waals surface area contributed by atoms with Gasteiger partial charge in [-0.05, 0) is 36.4 Å². The third kappa shape index (κ3) is 5.17. The van der Waals surface area contributed by atoms with Gasteiger partial charge in [0.15, 0.2) is 6.61 Å². The van der Waals surface area contributed by atoms with Crippen LogP contribution in [0.15, 0.2) is 57.8 Å². The molecule has 0 atom stereocenters. The smallest absolute Gasteiger partial charge is 0.260 e. The van der Waals surface area contributed by atoms with Crippen molar-refractivity contribution >= 4 is 32.7 Å². The molecule has 0 saturated heterocycles. The Morgan fingerprint density at radius 2 is 1.93 bits per heavy atom. The topological polar surface area (TPSA) is 84.5 Å². The summed E-state index contributed by atoms with van der Waals surface area (Å²) in [5.74, 6) is 0.785. The van der Waals surface area contributed by atoms with E-state index in [1.807, 2.05) is 18.2 Å². The summed E-state index contributed by atoms with van der Waals surface area (Å²) in [6.07, 6.45) is 0. The van der Waals surface area contributed by atoms with Crippen LogP contribution in [0.5, 0.6) is 5.75 Å². The molecule has 3 rings (SSSR count). The number of halogens is 1. The molecule has 0 spiro atoms. The zero-order valence-corrected chi connectivity index (χ0v) is 16.9. The predicted molar refractivity (Wildman–Crippen MR) is 109 cm³/mol. The summed E-state index contributed by atoms with van der Waals surface area (Å²) in [5, 5.41) is 0.514. The van der Waals surface area contributed by atoms with Gasteiger partial charge in [-0.1, -0.05) is 28.1 Å². The van der Waals surface area contributed by atoms with Crippen molar-refractivity contribution < 1.29 is 14.3 Å². The molecule has 7 nitrogen and oxygen atoms in total. The number of nitrogens with zero attached hydrogens (tertiary/aromatic N) is 2. The number of para-hydroxylation sites is 1. The lowest BCUT2D eigenvalue weighted by molar-refractivity contribution is -0.134. The van der Waals surface area contributed by atoms with Gasteiger partial charge in [0.1, 0.15) is 11.6 Å². The molecule has 2 aromatic carbocycles. The second kappa shape index (κ2) is 9.48. The first-order valence-corrected chi connectivity index (χ1v) is 9.49. The van der Waals surface area contributed by atoms with E-state index < -0.39 is 0 Å². The molecule has 3 aromatic rings. The number of carbonyl (C=O) groups excluding carboxylic acids is 1. The molecule has 0 bridgehead atoms. The fraction of sp³-hybridized carbons (Fsp3) is 0.250. The fourth-order valence-corrected chi connectivity index (χ4v) is 2.92. The van der Waals surface area contributed by atoms with E-state index in [1.165, 1.54) is 0 Å². The summed E-state index contributed by atoms with van der Waals surface area (Å²) in [6, 6.07) is 14.3. The molecular formula is C20H20BrN3O4. The van der Waals surface area contributed by atoms with Gasteiger partial charge in [-0.25, -0.2) is 4.98 Å². The van der Waals surface area contributed by atoms with Gasteiger partial charge in [0, 0.05) is 18.1 Å². The van der Waals surface area contributed by atoms with Gasteiger partial charge in [-0.3, -0.25) is 9.59 Å². The first-order valence-electron chi connectivity index (χ1n) is 8.70. The van der Waals surface area contributed by atoms with E-state index in [-0.39, 0.29) is 24.6 Å². The number of methoxy groups -OCH3 is 1. The van der Waals surface area contributed by atoms with Crippen LogP contribution in [0.25, 0.3) is 10.9 Å². The lowest BCUT2D eigenvalue weighted by Gasteiger charge is -2.22. The summed E-state index contributed by atoms with van der Waals surface area (Å²) in [6.45, 7) is 0.756. The first kappa shape index (κ1) is 20.0. The quantitative estimate of drug-likeness (QED) is 0.576. The molecule has 28 heavy (non-hydrogen) atoms. The van der Waals surface area contributed by atoms with Crippen molar-refractivity contribution in [2.45, 2.75) is 6.54 Å². The minimum absolute atomic E-state index is 0.122. The molecule has 0 fully saturated rings. The van der Waals surface area contributed by atoms with Gasteiger partial charge in [0.25, 0.3) is 11.5 Å². The molecule has 1 amide bonds. The van der Waals surface area contributed by atoms with Crippen LogP contribution in [0.3, 0.4) is 0 Å². The van der Waals surface area contributed by atoms with Crippen LogP contribution in [0, 0.1) is 0 Å². The Kier molecular flexibility index (Phi) is 6.78. The number of fused-ring (bicyclic) bond motifs is 1. The van der Waals surface area contributed by atoms with Crippen molar-refractivity contribution in [3.63, 3.8) is 0 Å². The molecule has 146 valence electrons. The molecule has 0 aliphatic heterocycles. The Hall–Kier alpha value is -2.71.